The van der Waals surface area contributed by atoms with Gasteiger partial charge in [0.15, 0.2) is 0 Å². The van der Waals surface area contributed by atoms with Gasteiger partial charge in [-0.1, -0.05) is 0 Å². The summed E-state index contributed by atoms with van der Waals surface area (Å²) in [7, 11) is 3.18. The van der Waals surface area contributed by atoms with E-state index in [0.717, 1.165) is 5.69 Å². The molecule has 8 nitrogen and oxygen atoms in total. The first-order valence-corrected chi connectivity index (χ1v) is 8.24. The van der Waals surface area contributed by atoms with E-state index >= 15 is 0 Å². The predicted molar refractivity (Wildman–Crippen MR) is 97.4 cm³/mol. The maximum absolute atomic E-state index is 11.4. The minimum atomic E-state index is -0.782. The van der Waals surface area contributed by atoms with Crippen LogP contribution in [0, 0.1) is 5.41 Å². The Bertz CT molecular complexity index is 814. The van der Waals surface area contributed by atoms with Crippen molar-refractivity contribution in [1.29, 1.82) is 0 Å². The maximum Gasteiger partial charge on any atom is 0.311 e. The van der Waals surface area contributed by atoms with Crippen molar-refractivity contribution in [3.63, 3.8) is 0 Å². The zero-order valence-corrected chi connectivity index (χ0v) is 15.0. The summed E-state index contributed by atoms with van der Waals surface area (Å²) in [5, 5.41) is 12.6. The number of carboxylic acid groups (broad SMARTS) is 1. The fourth-order valence-corrected chi connectivity index (χ4v) is 2.96. The first-order valence-electron chi connectivity index (χ1n) is 8.24. The Balaban J connectivity index is 1.80. The zero-order chi connectivity index (χ0) is 18.7. The third-order valence-corrected chi connectivity index (χ3v) is 4.64. The molecule has 0 amide bonds. The summed E-state index contributed by atoms with van der Waals surface area (Å²) >= 11 is 0. The lowest BCUT2D eigenvalue weighted by Crippen LogP contribution is -2.32. The Morgan fingerprint density at radius 2 is 2.08 bits per heavy atom. The largest absolute Gasteiger partial charge is 0.497 e. The highest BCUT2D eigenvalue weighted by Crippen LogP contribution is 2.34. The first-order chi connectivity index (χ1) is 12.4. The Morgan fingerprint density at radius 1 is 1.27 bits per heavy atom. The fourth-order valence-electron chi connectivity index (χ4n) is 2.96. The van der Waals surface area contributed by atoms with E-state index in [2.05, 4.69) is 15.3 Å². The van der Waals surface area contributed by atoms with Crippen LogP contribution in [-0.2, 0) is 4.79 Å². The summed E-state index contributed by atoms with van der Waals surface area (Å²) in [4.78, 5) is 21.9. The Labute approximate surface area is 151 Å². The van der Waals surface area contributed by atoms with Crippen LogP contribution in [0.3, 0.4) is 0 Å². The van der Waals surface area contributed by atoms with Crippen molar-refractivity contribution in [2.24, 2.45) is 5.41 Å². The molecule has 1 aromatic heterocycles. The summed E-state index contributed by atoms with van der Waals surface area (Å²) in [5.74, 6) is 1.84. The van der Waals surface area contributed by atoms with Crippen molar-refractivity contribution in [1.82, 2.24) is 9.97 Å². The van der Waals surface area contributed by atoms with E-state index in [1.165, 1.54) is 6.33 Å². The molecule has 3 rings (SSSR count). The number of nitrogens with zero attached hydrogens (tertiary/aromatic N) is 3. The molecule has 0 spiro atoms. The van der Waals surface area contributed by atoms with Crippen LogP contribution in [0.5, 0.6) is 11.5 Å². The minimum Gasteiger partial charge on any atom is -0.497 e. The van der Waals surface area contributed by atoms with E-state index in [0.29, 0.717) is 42.6 Å². The number of nitrogens with one attached hydrogen (secondary N) is 1. The highest BCUT2D eigenvalue weighted by atomic mass is 16.5. The molecule has 138 valence electrons. The van der Waals surface area contributed by atoms with Gasteiger partial charge in [-0.3, -0.25) is 4.79 Å². The second-order valence-corrected chi connectivity index (χ2v) is 6.49. The molecule has 1 saturated heterocycles. The number of hydrogen-bond acceptors (Lipinski definition) is 7. The Hall–Kier alpha value is -3.03. The second-order valence-electron chi connectivity index (χ2n) is 6.49. The number of rotatable bonds is 6. The molecule has 26 heavy (non-hydrogen) atoms. The van der Waals surface area contributed by atoms with Gasteiger partial charge in [0, 0.05) is 25.2 Å². The molecule has 0 bridgehead atoms. The number of carbonyl (C=O) groups is 1. The zero-order valence-electron chi connectivity index (χ0n) is 15.0. The molecule has 0 saturated carbocycles. The molecule has 1 fully saturated rings. The van der Waals surface area contributed by atoms with Gasteiger partial charge in [-0.2, -0.15) is 0 Å². The molecule has 0 aliphatic carbocycles. The van der Waals surface area contributed by atoms with Crippen LogP contribution in [0.1, 0.15) is 13.3 Å². The highest BCUT2D eigenvalue weighted by molar-refractivity contribution is 5.76. The minimum absolute atomic E-state index is 0.421. The molecule has 2 aromatic rings. The summed E-state index contributed by atoms with van der Waals surface area (Å²) < 4.78 is 10.6. The van der Waals surface area contributed by atoms with E-state index in [9.17, 15) is 9.90 Å². The number of aromatic nitrogens is 2. The maximum atomic E-state index is 11.4. The van der Waals surface area contributed by atoms with Crippen LogP contribution >= 0.6 is 0 Å². The van der Waals surface area contributed by atoms with E-state index in [1.54, 1.807) is 33.3 Å². The number of ether oxygens (including phenoxy) is 2. The Morgan fingerprint density at radius 3 is 2.73 bits per heavy atom. The normalized spacial score (nSPS) is 19.3. The van der Waals surface area contributed by atoms with Gasteiger partial charge in [0.2, 0.25) is 0 Å². The van der Waals surface area contributed by atoms with Gasteiger partial charge in [-0.25, -0.2) is 9.97 Å². The number of anilines is 3. The number of hydrogen-bond donors (Lipinski definition) is 2. The van der Waals surface area contributed by atoms with Gasteiger partial charge in [0.05, 0.1) is 25.3 Å². The van der Waals surface area contributed by atoms with Crippen LogP contribution in [0.25, 0.3) is 0 Å². The van der Waals surface area contributed by atoms with E-state index in [1.807, 2.05) is 17.0 Å². The highest BCUT2D eigenvalue weighted by Gasteiger charge is 2.40. The van der Waals surface area contributed by atoms with Crippen molar-refractivity contribution in [2.45, 2.75) is 13.3 Å². The predicted octanol–water partition coefficient (Wildman–Crippen LogP) is 2.54. The topological polar surface area (TPSA) is 96.8 Å². The number of aliphatic carboxylic acids is 1. The standard InChI is InChI=1S/C18H22N4O4/c1-18(17(23)24)6-7-22(10-18)16-9-15(19-11-20-16)21-13-5-4-12(25-2)8-14(13)26-3/h4-5,8-9,11H,6-7,10H2,1-3H3,(H,23,24)(H,19,20,21). The average molecular weight is 358 g/mol. The second kappa shape index (κ2) is 7.07. The van der Waals surface area contributed by atoms with Gasteiger partial charge < -0.3 is 24.8 Å². The van der Waals surface area contributed by atoms with Gasteiger partial charge in [0.25, 0.3) is 0 Å². The monoisotopic (exact) mass is 358 g/mol. The number of carboxylic acids is 1. The SMILES string of the molecule is COc1ccc(Nc2cc(N3CCC(C)(C(=O)O)C3)ncn2)c(OC)c1. The van der Waals surface area contributed by atoms with Crippen molar-refractivity contribution in [3.05, 3.63) is 30.6 Å². The first kappa shape index (κ1) is 17.8. The smallest absolute Gasteiger partial charge is 0.311 e. The van der Waals surface area contributed by atoms with Crippen LogP contribution < -0.4 is 19.7 Å². The Kier molecular flexibility index (Phi) is 4.83. The van der Waals surface area contributed by atoms with E-state index < -0.39 is 11.4 Å². The van der Waals surface area contributed by atoms with Crippen LogP contribution in [0.4, 0.5) is 17.3 Å². The van der Waals surface area contributed by atoms with E-state index in [-0.39, 0.29) is 0 Å². The summed E-state index contributed by atoms with van der Waals surface area (Å²) in [5.41, 5.74) is -0.00710. The summed E-state index contributed by atoms with van der Waals surface area (Å²) in [6, 6.07) is 7.25. The number of methoxy groups -OCH3 is 2. The molecule has 1 unspecified atom stereocenters. The van der Waals surface area contributed by atoms with Gasteiger partial charge >= 0.3 is 5.97 Å². The van der Waals surface area contributed by atoms with Crippen molar-refractivity contribution < 1.29 is 19.4 Å². The summed E-state index contributed by atoms with van der Waals surface area (Å²) in [6.45, 7) is 2.83. The molecule has 1 aromatic carbocycles. The van der Waals surface area contributed by atoms with Crippen molar-refractivity contribution >= 4 is 23.3 Å². The van der Waals surface area contributed by atoms with Gasteiger partial charge in [0.1, 0.15) is 29.5 Å². The molecule has 2 N–H and O–H groups in total. The van der Waals surface area contributed by atoms with Gasteiger partial charge in [-0.15, -0.1) is 0 Å². The van der Waals surface area contributed by atoms with Crippen molar-refractivity contribution in [2.75, 3.05) is 37.5 Å². The molecule has 2 heterocycles. The lowest BCUT2D eigenvalue weighted by atomic mass is 9.90. The summed E-state index contributed by atoms with van der Waals surface area (Å²) in [6.07, 6.45) is 2.05. The molecule has 1 aliphatic heterocycles. The van der Waals surface area contributed by atoms with Crippen molar-refractivity contribution in [3.8, 4) is 11.5 Å². The third kappa shape index (κ3) is 3.49. The quantitative estimate of drug-likeness (QED) is 0.813. The van der Waals surface area contributed by atoms with E-state index in [4.69, 9.17) is 9.47 Å². The molecule has 1 aliphatic rings. The number of benzene rings is 1. The molecule has 1 atom stereocenters. The lowest BCUT2D eigenvalue weighted by Gasteiger charge is -2.21. The van der Waals surface area contributed by atoms with Gasteiger partial charge in [-0.05, 0) is 25.5 Å². The average Bonchev–Trinajstić information content (AvgIpc) is 3.06. The third-order valence-electron chi connectivity index (χ3n) is 4.64. The van der Waals surface area contributed by atoms with Crippen LogP contribution in [0.2, 0.25) is 0 Å². The lowest BCUT2D eigenvalue weighted by molar-refractivity contribution is -0.146. The van der Waals surface area contributed by atoms with Crippen LogP contribution in [-0.4, -0.2) is 48.4 Å². The molecule has 0 radical (unpaired) electrons. The molecule has 8 heteroatoms. The molecular formula is C18H22N4O4. The fraction of sp³-hybridized carbons (Fsp3) is 0.389. The van der Waals surface area contributed by atoms with Crippen LogP contribution in [0.15, 0.2) is 30.6 Å². The molecular weight excluding hydrogens is 336 g/mol.